The topological polar surface area (TPSA) is 137 Å². The first kappa shape index (κ1) is 29.3. The quantitative estimate of drug-likeness (QED) is 0.186. The monoisotopic (exact) mass is 580 g/mol. The van der Waals surface area contributed by atoms with Crippen molar-refractivity contribution in [3.05, 3.63) is 70.5 Å². The highest BCUT2D eigenvalue weighted by atomic mass is 19.1. The lowest BCUT2D eigenvalue weighted by atomic mass is 10.0. The third-order valence-electron chi connectivity index (χ3n) is 7.53. The number of nitro groups is 1. The standard InChI is InChI=1S/C15H16FN3O3.C15H18FN3O/c1-9-6-11(4-5-22-9)18-15-12-7-10(16)2-3-13(12)17-8-14(15)19(20)21;1-9-6-11(4-5-20-9)19-15-12-7-10(16)2-3-14(12)18-8-13(15)17/h2-3,7-9,11H,4-6H2,1H3,(H,17,18);2-3,7-9,11H,4-6,17H2,1H3,(H,18,19)/t2*9-,11?/m11/s1. The van der Waals surface area contributed by atoms with E-state index in [0.717, 1.165) is 48.9 Å². The Morgan fingerprint density at radius 1 is 0.857 bits per heavy atom. The molecule has 4 aromatic rings. The minimum atomic E-state index is -0.498. The van der Waals surface area contributed by atoms with Crippen molar-refractivity contribution in [1.29, 1.82) is 0 Å². The minimum Gasteiger partial charge on any atom is -0.396 e. The van der Waals surface area contributed by atoms with Crippen molar-refractivity contribution >= 4 is 44.6 Å². The Balaban J connectivity index is 0.000000169. The number of anilines is 3. The number of benzene rings is 2. The highest BCUT2D eigenvalue weighted by Gasteiger charge is 2.25. The zero-order valence-corrected chi connectivity index (χ0v) is 23.5. The molecule has 0 radical (unpaired) electrons. The lowest BCUT2D eigenvalue weighted by Gasteiger charge is -2.29. The molecule has 2 fully saturated rings. The van der Waals surface area contributed by atoms with Gasteiger partial charge in [0, 0.05) is 36.1 Å². The fourth-order valence-corrected chi connectivity index (χ4v) is 5.45. The van der Waals surface area contributed by atoms with E-state index in [2.05, 4.69) is 27.5 Å². The van der Waals surface area contributed by atoms with Crippen LogP contribution in [-0.4, -0.2) is 52.4 Å². The predicted molar refractivity (Wildman–Crippen MR) is 159 cm³/mol. The zero-order valence-electron chi connectivity index (χ0n) is 23.5. The van der Waals surface area contributed by atoms with Crippen LogP contribution < -0.4 is 16.4 Å². The summed E-state index contributed by atoms with van der Waals surface area (Å²) in [6.07, 6.45) is 6.48. The summed E-state index contributed by atoms with van der Waals surface area (Å²) in [4.78, 5) is 19.0. The fraction of sp³-hybridized carbons (Fsp3) is 0.400. The third kappa shape index (κ3) is 6.82. The first-order valence-electron chi connectivity index (χ1n) is 14.0. The van der Waals surface area contributed by atoms with Crippen molar-refractivity contribution < 1.29 is 23.2 Å². The number of nitrogen functional groups attached to an aromatic ring is 1. The molecular weight excluding hydrogens is 546 g/mol. The van der Waals surface area contributed by atoms with Gasteiger partial charge in [-0.15, -0.1) is 0 Å². The molecule has 2 aliphatic heterocycles. The van der Waals surface area contributed by atoms with Crippen molar-refractivity contribution in [1.82, 2.24) is 9.97 Å². The van der Waals surface area contributed by atoms with Crippen molar-refractivity contribution in [2.75, 3.05) is 29.6 Å². The van der Waals surface area contributed by atoms with Gasteiger partial charge in [0.1, 0.15) is 23.5 Å². The molecule has 10 nitrogen and oxygen atoms in total. The molecule has 2 saturated heterocycles. The first-order chi connectivity index (χ1) is 20.2. The Labute approximate surface area is 241 Å². The third-order valence-corrected chi connectivity index (χ3v) is 7.53. The molecule has 0 saturated carbocycles. The Morgan fingerprint density at radius 2 is 1.36 bits per heavy atom. The first-order valence-corrected chi connectivity index (χ1v) is 14.0. The van der Waals surface area contributed by atoms with Gasteiger partial charge in [-0.25, -0.2) is 13.8 Å². The minimum absolute atomic E-state index is 0.0521. The van der Waals surface area contributed by atoms with E-state index >= 15 is 0 Å². The van der Waals surface area contributed by atoms with Crippen LogP contribution >= 0.6 is 0 Å². The molecule has 0 amide bonds. The number of nitrogens with zero attached hydrogens (tertiary/aromatic N) is 3. The van der Waals surface area contributed by atoms with E-state index in [4.69, 9.17) is 15.2 Å². The van der Waals surface area contributed by atoms with Gasteiger partial charge in [-0.05, 0) is 75.9 Å². The average Bonchev–Trinajstić information content (AvgIpc) is 2.95. The second-order valence-corrected chi connectivity index (χ2v) is 10.8. The Hall–Kier alpha value is -4.16. The van der Waals surface area contributed by atoms with Gasteiger partial charge < -0.3 is 25.8 Å². The number of pyridine rings is 2. The van der Waals surface area contributed by atoms with E-state index in [9.17, 15) is 18.9 Å². The number of nitrogens with one attached hydrogen (secondary N) is 2. The molecule has 2 aliphatic rings. The fourth-order valence-electron chi connectivity index (χ4n) is 5.45. The summed E-state index contributed by atoms with van der Waals surface area (Å²) in [6, 6.07) is 8.98. The maximum Gasteiger partial charge on any atom is 0.311 e. The van der Waals surface area contributed by atoms with Gasteiger partial charge in [0.05, 0.1) is 45.7 Å². The summed E-state index contributed by atoms with van der Waals surface area (Å²) in [5, 5.41) is 19.1. The van der Waals surface area contributed by atoms with Gasteiger partial charge in [-0.1, -0.05) is 0 Å². The van der Waals surface area contributed by atoms with Gasteiger partial charge in [0.2, 0.25) is 0 Å². The van der Waals surface area contributed by atoms with Gasteiger partial charge in [-0.3, -0.25) is 15.1 Å². The smallest absolute Gasteiger partial charge is 0.311 e. The highest BCUT2D eigenvalue weighted by molar-refractivity contribution is 5.97. The molecule has 0 spiro atoms. The second-order valence-electron chi connectivity index (χ2n) is 10.8. The predicted octanol–water partition coefficient (Wildman–Crippen LogP) is 6.20. The van der Waals surface area contributed by atoms with E-state index in [1.807, 2.05) is 6.92 Å². The molecule has 12 heteroatoms. The number of ether oxygens (including phenoxy) is 2. The lowest BCUT2D eigenvalue weighted by Crippen LogP contribution is -2.32. The van der Waals surface area contributed by atoms with Crippen LogP contribution in [0.15, 0.2) is 48.8 Å². The molecule has 222 valence electrons. The maximum atomic E-state index is 13.5. The molecule has 2 aromatic heterocycles. The molecule has 0 bridgehead atoms. The summed E-state index contributed by atoms with van der Waals surface area (Å²) in [6.45, 7) is 5.36. The van der Waals surface area contributed by atoms with Crippen LogP contribution in [0.1, 0.15) is 39.5 Å². The van der Waals surface area contributed by atoms with Crippen LogP contribution in [0.3, 0.4) is 0 Å². The normalized spacial score (nSPS) is 22.3. The van der Waals surface area contributed by atoms with Crippen LogP contribution in [0.5, 0.6) is 0 Å². The molecule has 6 rings (SSSR count). The van der Waals surface area contributed by atoms with Crippen LogP contribution in [0.2, 0.25) is 0 Å². The van der Waals surface area contributed by atoms with Crippen LogP contribution in [0.25, 0.3) is 21.8 Å². The van der Waals surface area contributed by atoms with Crippen molar-refractivity contribution in [3.63, 3.8) is 0 Å². The summed E-state index contributed by atoms with van der Waals surface area (Å²) >= 11 is 0. The number of aromatic nitrogens is 2. The maximum absolute atomic E-state index is 13.5. The summed E-state index contributed by atoms with van der Waals surface area (Å²) in [7, 11) is 0. The highest BCUT2D eigenvalue weighted by Crippen LogP contribution is 2.34. The number of hydrogen-bond acceptors (Lipinski definition) is 9. The number of rotatable bonds is 5. The zero-order chi connectivity index (χ0) is 29.8. The number of fused-ring (bicyclic) bond motifs is 2. The molecule has 4 N–H and O–H groups in total. The molecular formula is C30H34F2N6O4. The van der Waals surface area contributed by atoms with E-state index in [1.54, 1.807) is 12.3 Å². The van der Waals surface area contributed by atoms with Gasteiger partial charge in [-0.2, -0.15) is 0 Å². The van der Waals surface area contributed by atoms with Crippen LogP contribution in [-0.2, 0) is 9.47 Å². The van der Waals surface area contributed by atoms with E-state index in [1.165, 1.54) is 36.5 Å². The number of halogens is 2. The van der Waals surface area contributed by atoms with Gasteiger partial charge in [0.25, 0.3) is 0 Å². The molecule has 4 heterocycles. The van der Waals surface area contributed by atoms with Crippen molar-refractivity contribution in [3.8, 4) is 0 Å². The van der Waals surface area contributed by atoms with E-state index in [0.29, 0.717) is 28.9 Å². The lowest BCUT2D eigenvalue weighted by molar-refractivity contribution is -0.384. The van der Waals surface area contributed by atoms with Crippen molar-refractivity contribution in [2.45, 2.75) is 63.8 Å². The average molecular weight is 581 g/mol. The van der Waals surface area contributed by atoms with Gasteiger partial charge in [0.15, 0.2) is 0 Å². The molecule has 2 aromatic carbocycles. The SMILES string of the molecule is C[C@@H]1CC(Nc2c(N)cnc3ccc(F)cc23)CCO1.C[C@@H]1CC(Nc2c([N+](=O)[O-])cnc3ccc(F)cc23)CCO1. The molecule has 42 heavy (non-hydrogen) atoms. The molecule has 4 atom stereocenters. The Kier molecular flexibility index (Phi) is 8.93. The molecule has 0 aliphatic carbocycles. The molecule has 2 unspecified atom stereocenters. The van der Waals surface area contributed by atoms with E-state index in [-0.39, 0.29) is 35.8 Å². The Bertz CT molecular complexity index is 1580. The second kappa shape index (κ2) is 12.8. The summed E-state index contributed by atoms with van der Waals surface area (Å²) < 4.78 is 38.0. The number of nitrogens with two attached hydrogens (primary N) is 1. The summed E-state index contributed by atoms with van der Waals surface area (Å²) in [5.74, 6) is -0.730. The summed E-state index contributed by atoms with van der Waals surface area (Å²) in [5.41, 5.74) is 8.77. The van der Waals surface area contributed by atoms with Crippen LogP contribution in [0, 0.1) is 21.7 Å². The Morgan fingerprint density at radius 3 is 1.88 bits per heavy atom. The van der Waals surface area contributed by atoms with Crippen molar-refractivity contribution in [2.24, 2.45) is 0 Å². The van der Waals surface area contributed by atoms with E-state index < -0.39 is 10.7 Å². The number of hydrogen-bond donors (Lipinski definition) is 3. The van der Waals surface area contributed by atoms with Crippen LogP contribution in [0.4, 0.5) is 31.5 Å². The largest absolute Gasteiger partial charge is 0.396 e. The van der Waals surface area contributed by atoms with Gasteiger partial charge >= 0.3 is 5.69 Å².